The molecule has 5 heteroatoms. The zero-order valence-electron chi connectivity index (χ0n) is 9.76. The molecular weight excluding hydrogens is 264 g/mol. The number of halogens is 1. The molecule has 0 saturated heterocycles. The lowest BCUT2D eigenvalue weighted by molar-refractivity contribution is 0.102. The van der Waals surface area contributed by atoms with Gasteiger partial charge in [0, 0.05) is 16.3 Å². The second-order valence-electron chi connectivity index (χ2n) is 4.00. The molecular formula is C14H9ClN2O2. The number of carbonyl (C=O) groups is 1. The molecule has 19 heavy (non-hydrogen) atoms. The van der Waals surface area contributed by atoms with Gasteiger partial charge in [0.1, 0.15) is 5.52 Å². The van der Waals surface area contributed by atoms with Crippen molar-refractivity contribution in [2.45, 2.75) is 0 Å². The topological polar surface area (TPSA) is 55.1 Å². The minimum absolute atomic E-state index is 0.208. The molecule has 1 amide bonds. The molecule has 0 aliphatic rings. The number of nitrogens with zero attached hydrogens (tertiary/aromatic N) is 1. The molecule has 94 valence electrons. The van der Waals surface area contributed by atoms with Crippen LogP contribution in [0.15, 0.2) is 53.3 Å². The fraction of sp³-hybridized carbons (Fsp3) is 0. The van der Waals surface area contributed by atoms with Crippen LogP contribution < -0.4 is 5.32 Å². The number of aromatic nitrogens is 1. The number of anilines is 1. The molecule has 0 bridgehead atoms. The van der Waals surface area contributed by atoms with Gasteiger partial charge in [-0.1, -0.05) is 11.6 Å². The predicted molar refractivity (Wildman–Crippen MR) is 73.4 cm³/mol. The summed E-state index contributed by atoms with van der Waals surface area (Å²) in [5.74, 6) is -0.208. The van der Waals surface area contributed by atoms with E-state index in [-0.39, 0.29) is 5.91 Å². The van der Waals surface area contributed by atoms with Gasteiger partial charge in [0.25, 0.3) is 5.91 Å². The van der Waals surface area contributed by atoms with Crippen molar-refractivity contribution in [2.75, 3.05) is 5.32 Å². The lowest BCUT2D eigenvalue weighted by atomic mass is 10.2. The summed E-state index contributed by atoms with van der Waals surface area (Å²) in [5, 5.41) is 3.41. The molecule has 0 radical (unpaired) electrons. The summed E-state index contributed by atoms with van der Waals surface area (Å²) in [6.07, 6.45) is 1.35. The first-order valence-corrected chi connectivity index (χ1v) is 6.00. The van der Waals surface area contributed by atoms with Crippen LogP contribution in [0.4, 0.5) is 5.69 Å². The van der Waals surface area contributed by atoms with Gasteiger partial charge in [0.15, 0.2) is 12.0 Å². The molecule has 0 unspecified atom stereocenters. The van der Waals surface area contributed by atoms with Crippen LogP contribution in [-0.4, -0.2) is 10.9 Å². The second-order valence-corrected chi connectivity index (χ2v) is 4.43. The van der Waals surface area contributed by atoms with Crippen molar-refractivity contribution in [3.05, 3.63) is 59.4 Å². The minimum atomic E-state index is -0.208. The average molecular weight is 273 g/mol. The van der Waals surface area contributed by atoms with Gasteiger partial charge in [-0.15, -0.1) is 0 Å². The Bertz CT molecular complexity index is 735. The minimum Gasteiger partial charge on any atom is -0.443 e. The summed E-state index contributed by atoms with van der Waals surface area (Å²) in [7, 11) is 0. The largest absolute Gasteiger partial charge is 0.443 e. The molecule has 0 fully saturated rings. The van der Waals surface area contributed by atoms with Crippen molar-refractivity contribution >= 4 is 34.3 Å². The van der Waals surface area contributed by atoms with Gasteiger partial charge in [0.2, 0.25) is 0 Å². The number of rotatable bonds is 2. The molecule has 0 saturated carbocycles. The molecule has 4 nitrogen and oxygen atoms in total. The summed E-state index contributed by atoms with van der Waals surface area (Å²) >= 11 is 5.79. The summed E-state index contributed by atoms with van der Waals surface area (Å²) < 4.78 is 5.17. The standard InChI is InChI=1S/C14H9ClN2O2/c15-10-2-4-11(5-3-10)17-14(18)9-1-6-12-13(7-9)19-8-16-12/h1-8H,(H,17,18). The molecule has 1 N–H and O–H groups in total. The van der Waals surface area contributed by atoms with Crippen LogP contribution >= 0.6 is 11.6 Å². The van der Waals surface area contributed by atoms with Crippen molar-refractivity contribution in [1.29, 1.82) is 0 Å². The van der Waals surface area contributed by atoms with Crippen LogP contribution in [0, 0.1) is 0 Å². The number of hydrogen-bond acceptors (Lipinski definition) is 3. The summed E-state index contributed by atoms with van der Waals surface area (Å²) in [5.41, 5.74) is 2.51. The molecule has 3 rings (SSSR count). The maximum atomic E-state index is 12.1. The van der Waals surface area contributed by atoms with Crippen LogP contribution in [0.3, 0.4) is 0 Å². The predicted octanol–water partition coefficient (Wildman–Crippen LogP) is 3.73. The van der Waals surface area contributed by atoms with Gasteiger partial charge in [-0.05, 0) is 42.5 Å². The average Bonchev–Trinajstić information content (AvgIpc) is 2.88. The van der Waals surface area contributed by atoms with Gasteiger partial charge in [-0.2, -0.15) is 0 Å². The highest BCUT2D eigenvalue weighted by molar-refractivity contribution is 6.30. The third kappa shape index (κ3) is 2.44. The van der Waals surface area contributed by atoms with Gasteiger partial charge in [-0.25, -0.2) is 4.98 Å². The third-order valence-corrected chi connectivity index (χ3v) is 2.95. The van der Waals surface area contributed by atoms with E-state index in [1.807, 2.05) is 0 Å². The van der Waals surface area contributed by atoms with E-state index in [1.54, 1.807) is 42.5 Å². The van der Waals surface area contributed by atoms with Crippen molar-refractivity contribution in [3.8, 4) is 0 Å². The maximum Gasteiger partial charge on any atom is 0.255 e. The number of hydrogen-bond donors (Lipinski definition) is 1. The van der Waals surface area contributed by atoms with E-state index in [0.29, 0.717) is 21.9 Å². The van der Waals surface area contributed by atoms with Gasteiger partial charge >= 0.3 is 0 Å². The first kappa shape index (κ1) is 11.7. The van der Waals surface area contributed by atoms with Crippen molar-refractivity contribution < 1.29 is 9.21 Å². The van der Waals surface area contributed by atoms with E-state index >= 15 is 0 Å². The normalized spacial score (nSPS) is 10.6. The fourth-order valence-electron chi connectivity index (χ4n) is 1.73. The SMILES string of the molecule is O=C(Nc1ccc(Cl)cc1)c1ccc2ncoc2c1. The summed E-state index contributed by atoms with van der Waals surface area (Å²) in [6, 6.07) is 12.0. The maximum absolute atomic E-state index is 12.1. The van der Waals surface area contributed by atoms with Crippen LogP contribution in [0.25, 0.3) is 11.1 Å². The molecule has 1 heterocycles. The number of fused-ring (bicyclic) bond motifs is 1. The number of oxazole rings is 1. The zero-order chi connectivity index (χ0) is 13.2. The molecule has 3 aromatic rings. The Morgan fingerprint density at radius 3 is 2.74 bits per heavy atom. The van der Waals surface area contributed by atoms with Gasteiger partial charge in [0.05, 0.1) is 0 Å². The van der Waals surface area contributed by atoms with Crippen molar-refractivity contribution in [2.24, 2.45) is 0 Å². The Morgan fingerprint density at radius 2 is 1.95 bits per heavy atom. The lowest BCUT2D eigenvalue weighted by Gasteiger charge is -2.05. The third-order valence-electron chi connectivity index (χ3n) is 2.70. The number of amides is 1. The van der Waals surface area contributed by atoms with Gasteiger partial charge in [-0.3, -0.25) is 4.79 Å². The smallest absolute Gasteiger partial charge is 0.255 e. The Morgan fingerprint density at radius 1 is 1.16 bits per heavy atom. The molecule has 2 aromatic carbocycles. The number of nitrogens with one attached hydrogen (secondary N) is 1. The zero-order valence-corrected chi connectivity index (χ0v) is 10.5. The Labute approximate surface area is 114 Å². The monoisotopic (exact) mass is 272 g/mol. The highest BCUT2D eigenvalue weighted by Crippen LogP contribution is 2.17. The highest BCUT2D eigenvalue weighted by atomic mass is 35.5. The van der Waals surface area contributed by atoms with E-state index in [9.17, 15) is 4.79 Å². The molecule has 0 aliphatic heterocycles. The van der Waals surface area contributed by atoms with Crippen molar-refractivity contribution in [3.63, 3.8) is 0 Å². The molecule has 0 atom stereocenters. The number of benzene rings is 2. The summed E-state index contributed by atoms with van der Waals surface area (Å²) in [4.78, 5) is 16.1. The quantitative estimate of drug-likeness (QED) is 0.773. The Hall–Kier alpha value is -2.33. The molecule has 1 aromatic heterocycles. The van der Waals surface area contributed by atoms with Crippen LogP contribution in [0.2, 0.25) is 5.02 Å². The van der Waals surface area contributed by atoms with E-state index in [2.05, 4.69) is 10.3 Å². The highest BCUT2D eigenvalue weighted by Gasteiger charge is 2.08. The first-order chi connectivity index (χ1) is 9.22. The van der Waals surface area contributed by atoms with E-state index in [0.717, 1.165) is 5.52 Å². The van der Waals surface area contributed by atoms with Gasteiger partial charge < -0.3 is 9.73 Å². The Balaban J connectivity index is 1.84. The molecule has 0 aliphatic carbocycles. The first-order valence-electron chi connectivity index (χ1n) is 5.62. The number of carbonyl (C=O) groups excluding carboxylic acids is 1. The van der Waals surface area contributed by atoms with Crippen LogP contribution in [0.1, 0.15) is 10.4 Å². The Kier molecular flexibility index (Phi) is 2.93. The van der Waals surface area contributed by atoms with E-state index in [1.165, 1.54) is 6.39 Å². The van der Waals surface area contributed by atoms with Crippen molar-refractivity contribution in [1.82, 2.24) is 4.98 Å². The lowest BCUT2D eigenvalue weighted by Crippen LogP contribution is -2.11. The van der Waals surface area contributed by atoms with Crippen LogP contribution in [0.5, 0.6) is 0 Å². The van der Waals surface area contributed by atoms with Crippen LogP contribution in [-0.2, 0) is 0 Å². The second kappa shape index (κ2) is 4.74. The molecule has 0 spiro atoms. The van der Waals surface area contributed by atoms with E-state index in [4.69, 9.17) is 16.0 Å². The summed E-state index contributed by atoms with van der Waals surface area (Å²) in [6.45, 7) is 0. The van der Waals surface area contributed by atoms with E-state index < -0.39 is 0 Å². The fourth-order valence-corrected chi connectivity index (χ4v) is 1.86.